The molecule has 3 atom stereocenters. The van der Waals surface area contributed by atoms with E-state index in [0.717, 1.165) is 12.2 Å². The molecule has 1 aliphatic carbocycles. The Morgan fingerprint density at radius 1 is 1.54 bits per heavy atom. The van der Waals surface area contributed by atoms with Gasteiger partial charge >= 0.3 is 0 Å². The molecular formula is C11H14O2. The second kappa shape index (κ2) is 3.13. The lowest BCUT2D eigenvalue weighted by Crippen LogP contribution is -2.48. The zero-order valence-corrected chi connectivity index (χ0v) is 7.57. The first kappa shape index (κ1) is 8.73. The predicted octanol–water partition coefficient (Wildman–Crippen LogP) is 1.43. The molecule has 0 bridgehead atoms. The van der Waals surface area contributed by atoms with Crippen LogP contribution in [-0.4, -0.2) is 23.9 Å². The molecule has 13 heavy (non-hydrogen) atoms. The van der Waals surface area contributed by atoms with Crippen molar-refractivity contribution in [3.63, 3.8) is 0 Å². The van der Waals surface area contributed by atoms with Gasteiger partial charge in [-0.2, -0.15) is 0 Å². The van der Waals surface area contributed by atoms with Crippen LogP contribution in [0.25, 0.3) is 0 Å². The summed E-state index contributed by atoms with van der Waals surface area (Å²) in [6, 6.07) is 0. The lowest BCUT2D eigenvalue weighted by molar-refractivity contribution is -0.0960. The fourth-order valence-corrected chi connectivity index (χ4v) is 1.99. The van der Waals surface area contributed by atoms with E-state index in [0.29, 0.717) is 12.3 Å². The van der Waals surface area contributed by atoms with Crippen molar-refractivity contribution in [1.82, 2.24) is 0 Å². The van der Waals surface area contributed by atoms with Gasteiger partial charge in [0.15, 0.2) is 0 Å². The van der Waals surface area contributed by atoms with Crippen LogP contribution in [0.1, 0.15) is 6.42 Å². The Morgan fingerprint density at radius 2 is 2.31 bits per heavy atom. The van der Waals surface area contributed by atoms with Crippen molar-refractivity contribution in [2.24, 2.45) is 5.92 Å². The van der Waals surface area contributed by atoms with Crippen molar-refractivity contribution < 1.29 is 9.84 Å². The molecule has 0 radical (unpaired) electrons. The van der Waals surface area contributed by atoms with Crippen molar-refractivity contribution in [1.29, 1.82) is 0 Å². The third kappa shape index (κ3) is 1.26. The Balaban J connectivity index is 2.21. The predicted molar refractivity (Wildman–Crippen MR) is 51.3 cm³/mol. The van der Waals surface area contributed by atoms with Gasteiger partial charge in [-0.3, -0.25) is 0 Å². The van der Waals surface area contributed by atoms with Crippen LogP contribution >= 0.6 is 0 Å². The minimum atomic E-state index is -0.437. The summed E-state index contributed by atoms with van der Waals surface area (Å²) in [5.74, 6) is 0.439. The Labute approximate surface area is 78.2 Å². The monoisotopic (exact) mass is 178 g/mol. The topological polar surface area (TPSA) is 29.5 Å². The van der Waals surface area contributed by atoms with Crippen molar-refractivity contribution in [2.75, 3.05) is 6.61 Å². The highest BCUT2D eigenvalue weighted by molar-refractivity contribution is 5.31. The molecular weight excluding hydrogens is 164 g/mol. The molecule has 1 saturated heterocycles. The molecule has 0 aromatic heterocycles. The molecule has 0 unspecified atom stereocenters. The maximum Gasteiger partial charge on any atom is 0.0895 e. The summed E-state index contributed by atoms with van der Waals surface area (Å²) in [7, 11) is 0. The Bertz CT molecular complexity index is 278. The molecule has 2 rings (SSSR count). The highest BCUT2D eigenvalue weighted by Gasteiger charge is 2.43. The fourth-order valence-electron chi connectivity index (χ4n) is 1.99. The number of rotatable bonds is 1. The summed E-state index contributed by atoms with van der Waals surface area (Å²) in [5.41, 5.74) is 2.07. The minimum Gasteiger partial charge on any atom is -0.388 e. The zero-order valence-electron chi connectivity index (χ0n) is 7.57. The van der Waals surface area contributed by atoms with E-state index in [9.17, 15) is 5.11 Å². The van der Waals surface area contributed by atoms with Gasteiger partial charge in [-0.25, -0.2) is 0 Å². The summed E-state index contributed by atoms with van der Waals surface area (Å²) in [5, 5.41) is 9.64. The van der Waals surface area contributed by atoms with Crippen LogP contribution in [0, 0.1) is 5.92 Å². The lowest BCUT2D eigenvalue weighted by Gasteiger charge is -2.45. The molecule has 0 spiro atoms. The SMILES string of the molecule is C=C/C=C1\C[C@@H](O)C(=C)[C@@H]2OC[C@@H]12. The Hall–Kier alpha value is -0.860. The Kier molecular flexibility index (Phi) is 2.10. The normalized spacial score (nSPS) is 41.2. The smallest absolute Gasteiger partial charge is 0.0895 e. The number of fused-ring (bicyclic) bond motifs is 1. The van der Waals surface area contributed by atoms with Crippen LogP contribution < -0.4 is 0 Å². The second-order valence-electron chi connectivity index (χ2n) is 3.63. The summed E-state index contributed by atoms with van der Waals surface area (Å²) in [4.78, 5) is 0. The van der Waals surface area contributed by atoms with Gasteiger partial charge in [0.25, 0.3) is 0 Å². The maximum absolute atomic E-state index is 9.64. The van der Waals surface area contributed by atoms with Crippen LogP contribution in [0.2, 0.25) is 0 Å². The largest absolute Gasteiger partial charge is 0.388 e. The molecule has 2 heteroatoms. The number of hydrogen-bond donors (Lipinski definition) is 1. The van der Waals surface area contributed by atoms with Gasteiger partial charge in [-0.15, -0.1) is 0 Å². The van der Waals surface area contributed by atoms with E-state index < -0.39 is 6.10 Å². The van der Waals surface area contributed by atoms with Gasteiger partial charge in [0.2, 0.25) is 0 Å². The molecule has 0 aromatic rings. The number of ether oxygens (including phenoxy) is 1. The number of aliphatic hydroxyl groups excluding tert-OH is 1. The lowest BCUT2D eigenvalue weighted by atomic mass is 9.75. The zero-order chi connectivity index (χ0) is 9.42. The molecule has 0 amide bonds. The van der Waals surface area contributed by atoms with Crippen molar-refractivity contribution in [3.05, 3.63) is 36.5 Å². The standard InChI is InChI=1S/C11H14O2/c1-3-4-8-5-10(12)7(2)11-9(8)6-13-11/h3-4,9-12H,1-2,5-6H2/b8-4+/t9-,10+,11-/m0/s1. The minimum absolute atomic E-state index is 0.0509. The van der Waals surface area contributed by atoms with Crippen LogP contribution in [0.5, 0.6) is 0 Å². The first-order valence-electron chi connectivity index (χ1n) is 4.54. The van der Waals surface area contributed by atoms with E-state index >= 15 is 0 Å². The average Bonchev–Trinajstić information content (AvgIpc) is 2.00. The highest BCUT2D eigenvalue weighted by Crippen LogP contribution is 2.41. The maximum atomic E-state index is 9.64. The van der Waals surface area contributed by atoms with Crippen LogP contribution in [-0.2, 0) is 4.74 Å². The molecule has 2 fully saturated rings. The summed E-state index contributed by atoms with van der Waals surface area (Å²) in [6.45, 7) is 8.27. The molecule has 1 heterocycles. The molecule has 0 aromatic carbocycles. The first-order chi connectivity index (χ1) is 6.24. The number of hydrogen-bond acceptors (Lipinski definition) is 2. The van der Waals surface area contributed by atoms with E-state index in [-0.39, 0.29) is 6.10 Å². The van der Waals surface area contributed by atoms with Crippen LogP contribution in [0.15, 0.2) is 36.5 Å². The van der Waals surface area contributed by atoms with E-state index in [1.807, 2.05) is 6.08 Å². The molecule has 2 nitrogen and oxygen atoms in total. The van der Waals surface area contributed by atoms with Gasteiger partial charge < -0.3 is 9.84 Å². The second-order valence-corrected chi connectivity index (χ2v) is 3.63. The molecule has 1 saturated carbocycles. The van der Waals surface area contributed by atoms with Crippen molar-refractivity contribution in [3.8, 4) is 0 Å². The van der Waals surface area contributed by atoms with E-state index in [1.165, 1.54) is 5.57 Å². The van der Waals surface area contributed by atoms with Gasteiger partial charge in [-0.1, -0.05) is 30.9 Å². The quantitative estimate of drug-likeness (QED) is 0.615. The molecule has 70 valence electrons. The van der Waals surface area contributed by atoms with Gasteiger partial charge in [0, 0.05) is 5.92 Å². The molecule has 1 aliphatic heterocycles. The third-order valence-corrected chi connectivity index (χ3v) is 2.85. The summed E-state index contributed by atoms with van der Waals surface area (Å²) in [6.07, 6.45) is 4.05. The van der Waals surface area contributed by atoms with E-state index in [2.05, 4.69) is 13.2 Å². The van der Waals surface area contributed by atoms with Crippen LogP contribution in [0.3, 0.4) is 0 Å². The third-order valence-electron chi connectivity index (χ3n) is 2.85. The van der Waals surface area contributed by atoms with Crippen molar-refractivity contribution >= 4 is 0 Å². The summed E-state index contributed by atoms with van der Waals surface area (Å²) >= 11 is 0. The van der Waals surface area contributed by atoms with Gasteiger partial charge in [-0.05, 0) is 12.0 Å². The average molecular weight is 178 g/mol. The first-order valence-corrected chi connectivity index (χ1v) is 4.54. The highest BCUT2D eigenvalue weighted by atomic mass is 16.5. The van der Waals surface area contributed by atoms with E-state index in [1.54, 1.807) is 6.08 Å². The van der Waals surface area contributed by atoms with Gasteiger partial charge in [0.1, 0.15) is 0 Å². The van der Waals surface area contributed by atoms with E-state index in [4.69, 9.17) is 4.74 Å². The fraction of sp³-hybridized carbons (Fsp3) is 0.455. The molecule has 2 aliphatic rings. The van der Waals surface area contributed by atoms with Crippen molar-refractivity contribution in [2.45, 2.75) is 18.6 Å². The number of allylic oxidation sites excluding steroid dienone is 2. The van der Waals surface area contributed by atoms with Gasteiger partial charge in [0.05, 0.1) is 18.8 Å². The Morgan fingerprint density at radius 3 is 2.85 bits per heavy atom. The number of aliphatic hydroxyl groups is 1. The molecule has 1 N–H and O–H groups in total. The summed E-state index contributed by atoms with van der Waals surface area (Å²) < 4.78 is 5.36. The van der Waals surface area contributed by atoms with Crippen LogP contribution in [0.4, 0.5) is 0 Å².